The van der Waals surface area contributed by atoms with E-state index in [4.69, 9.17) is 4.74 Å². The van der Waals surface area contributed by atoms with Gasteiger partial charge in [-0.1, -0.05) is 13.3 Å². The number of ether oxygens (including phenoxy) is 1. The van der Waals surface area contributed by atoms with Crippen LogP contribution >= 0.6 is 0 Å². The van der Waals surface area contributed by atoms with Crippen LogP contribution in [0.2, 0.25) is 0 Å². The number of carbonyl (C=O) groups is 1. The SMILES string of the molecule is CCC1CCCCC1Oc1ccc(F)cc1C(C)=O. The van der Waals surface area contributed by atoms with E-state index >= 15 is 0 Å². The van der Waals surface area contributed by atoms with Crippen LogP contribution in [0.1, 0.15) is 56.3 Å². The van der Waals surface area contributed by atoms with Crippen LogP contribution in [0.25, 0.3) is 0 Å². The lowest BCUT2D eigenvalue weighted by molar-refractivity contribution is 0.0864. The first-order valence-corrected chi connectivity index (χ1v) is 7.09. The summed E-state index contributed by atoms with van der Waals surface area (Å²) in [5.41, 5.74) is 0.348. The number of halogens is 1. The molecule has 0 heterocycles. The Kier molecular flexibility index (Phi) is 4.56. The molecule has 1 saturated carbocycles. The van der Waals surface area contributed by atoms with Gasteiger partial charge in [0.1, 0.15) is 17.7 Å². The van der Waals surface area contributed by atoms with Crippen LogP contribution < -0.4 is 4.74 Å². The van der Waals surface area contributed by atoms with Crippen molar-refractivity contribution in [3.05, 3.63) is 29.6 Å². The first-order chi connectivity index (χ1) is 9.11. The third kappa shape index (κ3) is 3.34. The van der Waals surface area contributed by atoms with Crippen molar-refractivity contribution in [3.63, 3.8) is 0 Å². The van der Waals surface area contributed by atoms with Crippen LogP contribution in [0.5, 0.6) is 5.75 Å². The molecule has 1 aromatic carbocycles. The predicted octanol–water partition coefficient (Wildman–Crippen LogP) is 4.38. The van der Waals surface area contributed by atoms with Crippen LogP contribution in [-0.2, 0) is 0 Å². The van der Waals surface area contributed by atoms with Crippen molar-refractivity contribution in [2.45, 2.75) is 52.1 Å². The van der Waals surface area contributed by atoms with Gasteiger partial charge in [-0.3, -0.25) is 4.79 Å². The Balaban J connectivity index is 2.20. The highest BCUT2D eigenvalue weighted by molar-refractivity contribution is 5.96. The molecule has 1 aromatic rings. The lowest BCUT2D eigenvalue weighted by Gasteiger charge is -2.31. The Morgan fingerprint density at radius 3 is 2.79 bits per heavy atom. The minimum atomic E-state index is -0.395. The zero-order valence-corrected chi connectivity index (χ0v) is 11.6. The maximum Gasteiger partial charge on any atom is 0.163 e. The number of hydrogen-bond donors (Lipinski definition) is 0. The quantitative estimate of drug-likeness (QED) is 0.754. The molecule has 3 heteroatoms. The van der Waals surface area contributed by atoms with Gasteiger partial charge in [-0.25, -0.2) is 4.39 Å². The average molecular weight is 264 g/mol. The van der Waals surface area contributed by atoms with Crippen molar-refractivity contribution in [2.75, 3.05) is 0 Å². The molecule has 2 atom stereocenters. The fourth-order valence-electron chi connectivity index (χ4n) is 2.84. The van der Waals surface area contributed by atoms with Gasteiger partial charge in [-0.2, -0.15) is 0 Å². The second-order valence-corrected chi connectivity index (χ2v) is 5.31. The Morgan fingerprint density at radius 2 is 2.11 bits per heavy atom. The topological polar surface area (TPSA) is 26.3 Å². The smallest absolute Gasteiger partial charge is 0.163 e. The van der Waals surface area contributed by atoms with Crippen LogP contribution in [0, 0.1) is 11.7 Å². The molecule has 2 rings (SSSR count). The molecule has 0 aromatic heterocycles. The molecule has 1 fully saturated rings. The molecule has 1 aliphatic rings. The molecule has 1 aliphatic carbocycles. The Hall–Kier alpha value is -1.38. The summed E-state index contributed by atoms with van der Waals surface area (Å²) >= 11 is 0. The summed E-state index contributed by atoms with van der Waals surface area (Å²) in [6.45, 7) is 3.61. The lowest BCUT2D eigenvalue weighted by Crippen LogP contribution is -2.30. The Morgan fingerprint density at radius 1 is 1.37 bits per heavy atom. The fraction of sp³-hybridized carbons (Fsp3) is 0.562. The van der Waals surface area contributed by atoms with E-state index in [0.29, 0.717) is 17.2 Å². The molecule has 0 N–H and O–H groups in total. The lowest BCUT2D eigenvalue weighted by atomic mass is 9.84. The van der Waals surface area contributed by atoms with E-state index in [1.54, 1.807) is 6.07 Å². The van der Waals surface area contributed by atoms with Gasteiger partial charge < -0.3 is 4.74 Å². The normalized spacial score (nSPS) is 23.1. The predicted molar refractivity (Wildman–Crippen MR) is 73.1 cm³/mol. The van der Waals surface area contributed by atoms with Gasteiger partial charge in [0.25, 0.3) is 0 Å². The van der Waals surface area contributed by atoms with E-state index in [0.717, 1.165) is 19.3 Å². The van der Waals surface area contributed by atoms with Gasteiger partial charge >= 0.3 is 0 Å². The van der Waals surface area contributed by atoms with E-state index in [-0.39, 0.29) is 11.9 Å². The summed E-state index contributed by atoms with van der Waals surface area (Å²) in [6, 6.07) is 4.19. The summed E-state index contributed by atoms with van der Waals surface area (Å²) in [4.78, 5) is 11.6. The van der Waals surface area contributed by atoms with Gasteiger partial charge in [-0.05, 0) is 56.7 Å². The maximum absolute atomic E-state index is 13.2. The number of ketones is 1. The molecular formula is C16H21FO2. The van der Waals surface area contributed by atoms with Crippen LogP contribution in [0.3, 0.4) is 0 Å². The molecule has 0 amide bonds. The molecule has 0 saturated heterocycles. The Bertz CT molecular complexity index is 456. The summed E-state index contributed by atoms with van der Waals surface area (Å²) < 4.78 is 19.2. The van der Waals surface area contributed by atoms with Crippen molar-refractivity contribution in [2.24, 2.45) is 5.92 Å². The first kappa shape index (κ1) is 14.0. The van der Waals surface area contributed by atoms with E-state index in [9.17, 15) is 9.18 Å². The largest absolute Gasteiger partial charge is 0.489 e. The number of benzene rings is 1. The van der Waals surface area contributed by atoms with Gasteiger partial charge in [0.15, 0.2) is 5.78 Å². The molecular weight excluding hydrogens is 243 g/mol. The van der Waals surface area contributed by atoms with Crippen molar-refractivity contribution in [3.8, 4) is 5.75 Å². The maximum atomic E-state index is 13.2. The van der Waals surface area contributed by atoms with E-state index in [1.165, 1.54) is 31.9 Å². The molecule has 0 aliphatic heterocycles. The minimum Gasteiger partial charge on any atom is -0.489 e. The third-order valence-electron chi connectivity index (χ3n) is 3.96. The second kappa shape index (κ2) is 6.18. The van der Waals surface area contributed by atoms with Gasteiger partial charge in [-0.15, -0.1) is 0 Å². The van der Waals surface area contributed by atoms with E-state index in [1.807, 2.05) is 0 Å². The second-order valence-electron chi connectivity index (χ2n) is 5.31. The highest BCUT2D eigenvalue weighted by Gasteiger charge is 2.26. The number of rotatable bonds is 4. The molecule has 0 radical (unpaired) electrons. The third-order valence-corrected chi connectivity index (χ3v) is 3.96. The molecule has 0 bridgehead atoms. The van der Waals surface area contributed by atoms with Crippen LogP contribution in [0.4, 0.5) is 4.39 Å². The summed E-state index contributed by atoms with van der Waals surface area (Å²) in [7, 11) is 0. The minimum absolute atomic E-state index is 0.154. The van der Waals surface area contributed by atoms with Crippen molar-refractivity contribution < 1.29 is 13.9 Å². The molecule has 104 valence electrons. The number of hydrogen-bond acceptors (Lipinski definition) is 2. The number of carbonyl (C=O) groups excluding carboxylic acids is 1. The van der Waals surface area contributed by atoms with Gasteiger partial charge in [0.2, 0.25) is 0 Å². The van der Waals surface area contributed by atoms with Gasteiger partial charge in [0.05, 0.1) is 5.56 Å². The molecule has 0 spiro atoms. The van der Waals surface area contributed by atoms with Crippen molar-refractivity contribution in [1.29, 1.82) is 0 Å². The Labute approximate surface area is 114 Å². The van der Waals surface area contributed by atoms with Gasteiger partial charge in [0, 0.05) is 0 Å². The summed E-state index contributed by atoms with van der Waals surface area (Å²) in [5, 5.41) is 0. The zero-order chi connectivity index (χ0) is 13.8. The fourth-order valence-corrected chi connectivity index (χ4v) is 2.84. The van der Waals surface area contributed by atoms with Crippen LogP contribution in [0.15, 0.2) is 18.2 Å². The molecule has 19 heavy (non-hydrogen) atoms. The highest BCUT2D eigenvalue weighted by Crippen LogP contribution is 2.32. The monoisotopic (exact) mass is 264 g/mol. The average Bonchev–Trinajstić information content (AvgIpc) is 2.41. The zero-order valence-electron chi connectivity index (χ0n) is 11.6. The standard InChI is InChI=1S/C16H21FO2/c1-3-12-6-4-5-7-15(12)19-16-9-8-13(17)10-14(16)11(2)18/h8-10,12,15H,3-7H2,1-2H3. The van der Waals surface area contributed by atoms with E-state index < -0.39 is 5.82 Å². The summed E-state index contributed by atoms with van der Waals surface area (Å²) in [5.74, 6) is 0.518. The van der Waals surface area contributed by atoms with Crippen molar-refractivity contribution >= 4 is 5.78 Å². The molecule has 2 unspecified atom stereocenters. The first-order valence-electron chi connectivity index (χ1n) is 7.09. The van der Waals surface area contributed by atoms with Crippen molar-refractivity contribution in [1.82, 2.24) is 0 Å². The highest BCUT2D eigenvalue weighted by atomic mass is 19.1. The summed E-state index contributed by atoms with van der Waals surface area (Å²) in [6.07, 6.45) is 5.85. The molecule has 2 nitrogen and oxygen atoms in total. The van der Waals surface area contributed by atoms with Crippen LogP contribution in [-0.4, -0.2) is 11.9 Å². The number of Topliss-reactive ketones (excluding diaryl/α,β-unsaturated/α-hetero) is 1. The van der Waals surface area contributed by atoms with E-state index in [2.05, 4.69) is 6.92 Å².